The largest absolute Gasteiger partial charge is 0.311 e. The topological polar surface area (TPSA) is 12.0 Å². The zero-order valence-electron chi connectivity index (χ0n) is 7.92. The lowest BCUT2D eigenvalue weighted by Gasteiger charge is -2.35. The van der Waals surface area contributed by atoms with Gasteiger partial charge in [-0.15, -0.1) is 0 Å². The Labute approximate surface area is 74.9 Å². The van der Waals surface area contributed by atoms with E-state index in [1.165, 1.54) is 32.1 Å². The zero-order valence-corrected chi connectivity index (χ0v) is 7.92. The monoisotopic (exact) mass is 165 g/mol. The molecule has 3 saturated carbocycles. The summed E-state index contributed by atoms with van der Waals surface area (Å²) in [6, 6.07) is 1.82. The van der Waals surface area contributed by atoms with Crippen molar-refractivity contribution in [3.8, 4) is 0 Å². The van der Waals surface area contributed by atoms with Crippen molar-refractivity contribution in [2.75, 3.05) is 0 Å². The molecule has 0 aromatic rings. The van der Waals surface area contributed by atoms with E-state index in [0.29, 0.717) is 0 Å². The molecule has 0 spiro atoms. The van der Waals surface area contributed by atoms with Gasteiger partial charge in [0.15, 0.2) is 0 Å². The van der Waals surface area contributed by atoms with Crippen molar-refractivity contribution in [3.05, 3.63) is 0 Å². The fourth-order valence-corrected chi connectivity index (χ4v) is 2.64. The number of hydrogen-bond acceptors (Lipinski definition) is 1. The lowest BCUT2D eigenvalue weighted by Crippen LogP contribution is -2.44. The second-order valence-corrected chi connectivity index (χ2v) is 5.17. The highest BCUT2D eigenvalue weighted by atomic mass is 15.0. The third kappa shape index (κ3) is 1.19. The van der Waals surface area contributed by atoms with E-state index in [2.05, 4.69) is 12.2 Å². The van der Waals surface area contributed by atoms with Crippen molar-refractivity contribution in [3.63, 3.8) is 0 Å². The first-order chi connectivity index (χ1) is 5.84. The van der Waals surface area contributed by atoms with Gasteiger partial charge in [-0.2, -0.15) is 0 Å². The predicted octanol–water partition coefficient (Wildman–Crippen LogP) is 2.17. The first-order valence-corrected chi connectivity index (χ1v) is 5.60. The number of hydrogen-bond donors (Lipinski definition) is 1. The maximum absolute atomic E-state index is 3.81. The molecule has 68 valence electrons. The van der Waals surface area contributed by atoms with Gasteiger partial charge in [0.05, 0.1) is 0 Å². The minimum Gasteiger partial charge on any atom is -0.311 e. The van der Waals surface area contributed by atoms with Crippen LogP contribution < -0.4 is 5.32 Å². The van der Waals surface area contributed by atoms with Crippen LogP contribution in [0.3, 0.4) is 0 Å². The summed E-state index contributed by atoms with van der Waals surface area (Å²) in [5.41, 5.74) is 0. The summed E-state index contributed by atoms with van der Waals surface area (Å²) in [5, 5.41) is 3.81. The Bertz CT molecular complexity index is 185. The molecule has 1 nitrogen and oxygen atoms in total. The Hall–Kier alpha value is -0.0400. The molecule has 12 heavy (non-hydrogen) atoms. The minimum atomic E-state index is 0.888. The standard InChI is InChI=1S/C11H19N/c1-7-2-5-10(7)12-11-6-9(11)8-3-4-8/h7-12H,2-6H2,1H3. The van der Waals surface area contributed by atoms with Gasteiger partial charge in [-0.25, -0.2) is 0 Å². The van der Waals surface area contributed by atoms with Crippen molar-refractivity contribution in [1.29, 1.82) is 0 Å². The van der Waals surface area contributed by atoms with Crippen molar-refractivity contribution < 1.29 is 0 Å². The highest BCUT2D eigenvalue weighted by Crippen LogP contribution is 2.50. The van der Waals surface area contributed by atoms with E-state index < -0.39 is 0 Å². The van der Waals surface area contributed by atoms with Gasteiger partial charge in [0.1, 0.15) is 0 Å². The molecule has 3 rings (SSSR count). The smallest absolute Gasteiger partial charge is 0.0105 e. The maximum atomic E-state index is 3.81. The van der Waals surface area contributed by atoms with E-state index in [0.717, 1.165) is 29.8 Å². The van der Waals surface area contributed by atoms with Crippen LogP contribution in [-0.2, 0) is 0 Å². The Balaban J connectivity index is 1.45. The van der Waals surface area contributed by atoms with Gasteiger partial charge in [-0.3, -0.25) is 0 Å². The highest BCUT2D eigenvalue weighted by Gasteiger charge is 2.48. The Kier molecular flexibility index (Phi) is 1.52. The average molecular weight is 165 g/mol. The van der Waals surface area contributed by atoms with Crippen LogP contribution in [0, 0.1) is 17.8 Å². The van der Waals surface area contributed by atoms with Crippen molar-refractivity contribution in [2.24, 2.45) is 17.8 Å². The third-order valence-corrected chi connectivity index (χ3v) is 4.12. The van der Waals surface area contributed by atoms with Crippen molar-refractivity contribution >= 4 is 0 Å². The lowest BCUT2D eigenvalue weighted by molar-refractivity contribution is 0.224. The maximum Gasteiger partial charge on any atom is 0.0105 e. The molecule has 0 aromatic heterocycles. The van der Waals surface area contributed by atoms with Gasteiger partial charge < -0.3 is 5.32 Å². The average Bonchev–Trinajstić information content (AvgIpc) is 2.86. The quantitative estimate of drug-likeness (QED) is 0.676. The molecule has 3 aliphatic rings. The van der Waals surface area contributed by atoms with Crippen LogP contribution in [0.4, 0.5) is 0 Å². The molecule has 0 radical (unpaired) electrons. The van der Waals surface area contributed by atoms with Gasteiger partial charge in [0.2, 0.25) is 0 Å². The fourth-order valence-electron chi connectivity index (χ4n) is 2.64. The number of nitrogens with one attached hydrogen (secondary N) is 1. The molecule has 4 atom stereocenters. The summed E-state index contributed by atoms with van der Waals surface area (Å²) in [5.74, 6) is 3.20. The predicted molar refractivity (Wildman–Crippen MR) is 49.9 cm³/mol. The van der Waals surface area contributed by atoms with Gasteiger partial charge >= 0.3 is 0 Å². The third-order valence-electron chi connectivity index (χ3n) is 4.12. The van der Waals surface area contributed by atoms with E-state index >= 15 is 0 Å². The lowest BCUT2D eigenvalue weighted by atomic mass is 9.81. The summed E-state index contributed by atoms with van der Waals surface area (Å²) in [6.07, 6.45) is 7.45. The van der Waals surface area contributed by atoms with Gasteiger partial charge in [-0.1, -0.05) is 6.92 Å². The molecule has 3 fully saturated rings. The summed E-state index contributed by atoms with van der Waals surface area (Å²) in [4.78, 5) is 0. The van der Waals surface area contributed by atoms with E-state index in [4.69, 9.17) is 0 Å². The van der Waals surface area contributed by atoms with E-state index in [-0.39, 0.29) is 0 Å². The minimum absolute atomic E-state index is 0.888. The summed E-state index contributed by atoms with van der Waals surface area (Å²) < 4.78 is 0. The van der Waals surface area contributed by atoms with Crippen LogP contribution in [0.15, 0.2) is 0 Å². The highest BCUT2D eigenvalue weighted by molar-refractivity contribution is 5.04. The summed E-state index contributed by atoms with van der Waals surface area (Å²) in [6.45, 7) is 2.38. The number of rotatable bonds is 3. The normalized spacial score (nSPS) is 51.8. The summed E-state index contributed by atoms with van der Waals surface area (Å²) in [7, 11) is 0. The molecule has 0 bridgehead atoms. The van der Waals surface area contributed by atoms with Crippen LogP contribution in [-0.4, -0.2) is 12.1 Å². The Morgan fingerprint density at radius 2 is 1.83 bits per heavy atom. The molecule has 0 saturated heterocycles. The molecule has 0 heterocycles. The molecular weight excluding hydrogens is 146 g/mol. The van der Waals surface area contributed by atoms with Crippen molar-refractivity contribution in [1.82, 2.24) is 5.32 Å². The molecule has 1 heteroatoms. The second-order valence-electron chi connectivity index (χ2n) is 5.17. The SMILES string of the molecule is CC1CCC1NC1CC1C1CC1. The van der Waals surface area contributed by atoms with Crippen LogP contribution >= 0.6 is 0 Å². The molecule has 0 aromatic carbocycles. The fraction of sp³-hybridized carbons (Fsp3) is 1.00. The van der Waals surface area contributed by atoms with Crippen LogP contribution in [0.5, 0.6) is 0 Å². The summed E-state index contributed by atoms with van der Waals surface area (Å²) >= 11 is 0. The molecule has 0 aliphatic heterocycles. The van der Waals surface area contributed by atoms with Crippen LogP contribution in [0.1, 0.15) is 39.0 Å². The van der Waals surface area contributed by atoms with Crippen molar-refractivity contribution in [2.45, 2.75) is 51.1 Å². The van der Waals surface area contributed by atoms with E-state index in [1.807, 2.05) is 0 Å². The molecule has 3 aliphatic carbocycles. The first kappa shape index (κ1) is 7.37. The van der Waals surface area contributed by atoms with E-state index in [9.17, 15) is 0 Å². The van der Waals surface area contributed by atoms with Crippen LogP contribution in [0.25, 0.3) is 0 Å². The second kappa shape index (κ2) is 2.47. The molecule has 4 unspecified atom stereocenters. The Morgan fingerprint density at radius 3 is 2.33 bits per heavy atom. The van der Waals surface area contributed by atoms with E-state index in [1.54, 1.807) is 0 Å². The molecule has 0 amide bonds. The molecule has 1 N–H and O–H groups in total. The van der Waals surface area contributed by atoms with Gasteiger partial charge in [0, 0.05) is 12.1 Å². The van der Waals surface area contributed by atoms with Crippen LogP contribution in [0.2, 0.25) is 0 Å². The van der Waals surface area contributed by atoms with Gasteiger partial charge in [-0.05, 0) is 49.9 Å². The Morgan fingerprint density at radius 1 is 1.00 bits per heavy atom. The zero-order chi connectivity index (χ0) is 8.13. The first-order valence-electron chi connectivity index (χ1n) is 5.60. The molecular formula is C11H19N. The van der Waals surface area contributed by atoms with Gasteiger partial charge in [0.25, 0.3) is 0 Å².